The fourth-order valence-corrected chi connectivity index (χ4v) is 3.52. The van der Waals surface area contributed by atoms with Crippen LogP contribution in [0.4, 0.5) is 10.5 Å². The van der Waals surface area contributed by atoms with Crippen LogP contribution in [0.3, 0.4) is 0 Å². The van der Waals surface area contributed by atoms with Crippen molar-refractivity contribution in [3.63, 3.8) is 0 Å². The van der Waals surface area contributed by atoms with Crippen LogP contribution in [0.2, 0.25) is 10.0 Å². The second kappa shape index (κ2) is 7.68. The van der Waals surface area contributed by atoms with Crippen LogP contribution < -0.4 is 10.2 Å². The smallest absolute Gasteiger partial charge is 0.408 e. The first kappa shape index (κ1) is 18.1. The minimum Gasteiger partial charge on any atom is -0.465 e. The summed E-state index contributed by atoms with van der Waals surface area (Å²) < 4.78 is 0. The molecular formula is C16H20Cl2N4O3. The summed E-state index contributed by atoms with van der Waals surface area (Å²) in [7, 11) is 0. The van der Waals surface area contributed by atoms with E-state index in [4.69, 9.17) is 23.2 Å². The molecule has 2 amide bonds. The number of rotatable bonds is 2. The van der Waals surface area contributed by atoms with E-state index in [0.29, 0.717) is 55.9 Å². The number of hydrogen-bond donors (Lipinski definition) is 2. The molecule has 1 atom stereocenters. The maximum atomic E-state index is 12.7. The second-order valence-corrected chi connectivity index (χ2v) is 6.92. The third kappa shape index (κ3) is 3.94. The van der Waals surface area contributed by atoms with Crippen molar-refractivity contribution in [2.45, 2.75) is 6.04 Å². The highest BCUT2D eigenvalue weighted by molar-refractivity contribution is 6.42. The van der Waals surface area contributed by atoms with Crippen molar-refractivity contribution < 1.29 is 14.7 Å². The molecule has 2 aliphatic heterocycles. The van der Waals surface area contributed by atoms with Crippen molar-refractivity contribution >= 4 is 40.9 Å². The predicted molar refractivity (Wildman–Crippen MR) is 96.6 cm³/mol. The summed E-state index contributed by atoms with van der Waals surface area (Å²) in [4.78, 5) is 29.2. The third-order valence-electron chi connectivity index (χ3n) is 4.63. The van der Waals surface area contributed by atoms with Crippen LogP contribution >= 0.6 is 23.2 Å². The van der Waals surface area contributed by atoms with E-state index in [2.05, 4.69) is 10.2 Å². The van der Waals surface area contributed by atoms with E-state index in [0.717, 1.165) is 5.69 Å². The number of piperazine rings is 2. The lowest BCUT2D eigenvalue weighted by molar-refractivity contribution is -0.137. The molecule has 3 rings (SSSR count). The highest BCUT2D eigenvalue weighted by atomic mass is 35.5. The molecule has 0 aliphatic carbocycles. The minimum atomic E-state index is -1.05. The van der Waals surface area contributed by atoms with Gasteiger partial charge in [-0.15, -0.1) is 0 Å². The maximum absolute atomic E-state index is 12.7. The summed E-state index contributed by atoms with van der Waals surface area (Å²) in [6.07, 6.45) is -1.05. The number of anilines is 1. The first-order chi connectivity index (χ1) is 12.0. The molecule has 2 fully saturated rings. The predicted octanol–water partition coefficient (Wildman–Crippen LogP) is 1.59. The highest BCUT2D eigenvalue weighted by Crippen LogP contribution is 2.27. The van der Waals surface area contributed by atoms with E-state index >= 15 is 0 Å². The summed E-state index contributed by atoms with van der Waals surface area (Å²) in [5, 5.41) is 13.4. The van der Waals surface area contributed by atoms with Gasteiger partial charge in [0.2, 0.25) is 5.91 Å². The van der Waals surface area contributed by atoms with E-state index in [1.54, 1.807) is 11.0 Å². The average molecular weight is 387 g/mol. The number of carboxylic acid groups (broad SMARTS) is 1. The van der Waals surface area contributed by atoms with Crippen LogP contribution in [0.5, 0.6) is 0 Å². The van der Waals surface area contributed by atoms with E-state index < -0.39 is 12.1 Å². The van der Waals surface area contributed by atoms with Crippen LogP contribution in [0.15, 0.2) is 18.2 Å². The topological polar surface area (TPSA) is 76.1 Å². The Labute approximate surface area is 156 Å². The number of carbonyl (C=O) groups excluding carboxylic acids is 1. The molecule has 0 spiro atoms. The molecule has 0 bridgehead atoms. The fraction of sp³-hybridized carbons (Fsp3) is 0.500. The largest absolute Gasteiger partial charge is 0.465 e. The van der Waals surface area contributed by atoms with Gasteiger partial charge in [-0.05, 0) is 18.2 Å². The molecule has 2 heterocycles. The molecule has 0 radical (unpaired) electrons. The summed E-state index contributed by atoms with van der Waals surface area (Å²) in [5.74, 6) is -0.136. The molecule has 2 aliphatic rings. The van der Waals surface area contributed by atoms with Gasteiger partial charge in [0.05, 0.1) is 10.0 Å². The van der Waals surface area contributed by atoms with E-state index in [1.165, 1.54) is 4.90 Å². The zero-order valence-electron chi connectivity index (χ0n) is 13.6. The molecule has 25 heavy (non-hydrogen) atoms. The Bertz CT molecular complexity index is 665. The van der Waals surface area contributed by atoms with Gasteiger partial charge in [0, 0.05) is 51.5 Å². The lowest BCUT2D eigenvalue weighted by Gasteiger charge is -2.40. The van der Waals surface area contributed by atoms with Gasteiger partial charge in [-0.2, -0.15) is 0 Å². The van der Waals surface area contributed by atoms with Crippen LogP contribution in [0.1, 0.15) is 0 Å². The van der Waals surface area contributed by atoms with E-state index in [9.17, 15) is 14.7 Å². The molecule has 7 nitrogen and oxygen atoms in total. The number of nitrogens with one attached hydrogen (secondary N) is 1. The first-order valence-corrected chi connectivity index (χ1v) is 8.92. The molecule has 9 heteroatoms. The summed E-state index contributed by atoms with van der Waals surface area (Å²) in [6, 6.07) is 4.83. The molecule has 1 aromatic rings. The van der Waals surface area contributed by atoms with E-state index in [-0.39, 0.29) is 5.91 Å². The van der Waals surface area contributed by atoms with Crippen molar-refractivity contribution in [3.8, 4) is 0 Å². The van der Waals surface area contributed by atoms with Crippen LogP contribution in [-0.2, 0) is 4.79 Å². The Morgan fingerprint density at radius 2 is 1.80 bits per heavy atom. The van der Waals surface area contributed by atoms with Crippen molar-refractivity contribution in [1.29, 1.82) is 0 Å². The van der Waals surface area contributed by atoms with Crippen molar-refractivity contribution in [2.24, 2.45) is 0 Å². The standard InChI is InChI=1S/C16H20Cl2N4O3/c17-12-2-1-11(9-13(12)18)20-5-7-21(8-6-20)15(23)14-10-19-3-4-22(14)16(24)25/h1-2,9,14,19H,3-8,10H2,(H,24,25)/t14-/m1/s1. The maximum Gasteiger partial charge on any atom is 0.408 e. The third-order valence-corrected chi connectivity index (χ3v) is 5.37. The van der Waals surface area contributed by atoms with Gasteiger partial charge in [-0.25, -0.2) is 4.79 Å². The summed E-state index contributed by atoms with van der Waals surface area (Å²) >= 11 is 12.0. The van der Waals surface area contributed by atoms with Crippen molar-refractivity contribution in [2.75, 3.05) is 50.7 Å². The summed E-state index contributed by atoms with van der Waals surface area (Å²) in [5.41, 5.74) is 0.966. The van der Waals surface area contributed by atoms with Gasteiger partial charge in [-0.3, -0.25) is 9.69 Å². The molecular weight excluding hydrogens is 367 g/mol. The Balaban J connectivity index is 1.62. The second-order valence-electron chi connectivity index (χ2n) is 6.11. The lowest BCUT2D eigenvalue weighted by atomic mass is 10.1. The fourth-order valence-electron chi connectivity index (χ4n) is 3.23. The number of halogens is 2. The number of carbonyl (C=O) groups is 2. The zero-order valence-corrected chi connectivity index (χ0v) is 15.1. The van der Waals surface area contributed by atoms with Crippen molar-refractivity contribution in [1.82, 2.24) is 15.1 Å². The SMILES string of the molecule is O=C([C@H]1CNCCN1C(=O)O)N1CCN(c2ccc(Cl)c(Cl)c2)CC1. The average Bonchev–Trinajstić information content (AvgIpc) is 2.63. The van der Waals surface area contributed by atoms with Gasteiger partial charge >= 0.3 is 6.09 Å². The van der Waals surface area contributed by atoms with Gasteiger partial charge in [-0.1, -0.05) is 23.2 Å². The number of nitrogens with zero attached hydrogens (tertiary/aromatic N) is 3. The molecule has 0 aromatic heterocycles. The van der Waals surface area contributed by atoms with Gasteiger partial charge < -0.3 is 20.2 Å². The Morgan fingerprint density at radius 1 is 1.08 bits per heavy atom. The first-order valence-electron chi connectivity index (χ1n) is 8.16. The molecule has 1 aromatic carbocycles. The molecule has 0 saturated carbocycles. The monoisotopic (exact) mass is 386 g/mol. The number of amides is 2. The Hall–Kier alpha value is -1.70. The van der Waals surface area contributed by atoms with Gasteiger partial charge in [0.1, 0.15) is 6.04 Å². The van der Waals surface area contributed by atoms with Crippen LogP contribution in [0.25, 0.3) is 0 Å². The number of benzene rings is 1. The van der Waals surface area contributed by atoms with Gasteiger partial charge in [0.15, 0.2) is 0 Å². The lowest BCUT2D eigenvalue weighted by Crippen LogP contribution is -2.62. The van der Waals surface area contributed by atoms with E-state index in [1.807, 2.05) is 12.1 Å². The zero-order chi connectivity index (χ0) is 18.0. The quantitative estimate of drug-likeness (QED) is 0.806. The van der Waals surface area contributed by atoms with Crippen molar-refractivity contribution in [3.05, 3.63) is 28.2 Å². The molecule has 2 saturated heterocycles. The van der Waals surface area contributed by atoms with Crippen LogP contribution in [0, 0.1) is 0 Å². The molecule has 136 valence electrons. The minimum absolute atomic E-state index is 0.136. The van der Waals surface area contributed by atoms with Gasteiger partial charge in [0.25, 0.3) is 0 Å². The highest BCUT2D eigenvalue weighted by Gasteiger charge is 2.35. The molecule has 2 N–H and O–H groups in total. The summed E-state index contributed by atoms with van der Waals surface area (Å²) in [6.45, 7) is 3.67. The Morgan fingerprint density at radius 3 is 2.44 bits per heavy atom. The number of hydrogen-bond acceptors (Lipinski definition) is 4. The van der Waals surface area contributed by atoms with Crippen LogP contribution in [-0.4, -0.2) is 78.8 Å². The normalized spacial score (nSPS) is 21.4. The molecule has 0 unspecified atom stereocenters. The Kier molecular flexibility index (Phi) is 5.56.